The van der Waals surface area contributed by atoms with E-state index in [4.69, 9.17) is 0 Å². The first-order valence-electron chi connectivity index (χ1n) is 6.23. The molecule has 0 aliphatic carbocycles. The first-order chi connectivity index (χ1) is 8.13. The molecule has 0 aliphatic heterocycles. The van der Waals surface area contributed by atoms with Crippen LogP contribution in [-0.2, 0) is 4.79 Å². The summed E-state index contributed by atoms with van der Waals surface area (Å²) >= 11 is 0. The number of nitrogens with one attached hydrogen (secondary N) is 1. The van der Waals surface area contributed by atoms with Gasteiger partial charge in [0.05, 0.1) is 0 Å². The van der Waals surface area contributed by atoms with Gasteiger partial charge in [-0.2, -0.15) is 13.2 Å². The maximum absolute atomic E-state index is 12.3. The normalized spacial score (nSPS) is 12.3. The van der Waals surface area contributed by atoms with Gasteiger partial charge in [0, 0.05) is 18.5 Å². The van der Waals surface area contributed by atoms with E-state index in [1.54, 1.807) is 13.8 Å². The van der Waals surface area contributed by atoms with Crippen molar-refractivity contribution in [3.63, 3.8) is 0 Å². The van der Waals surface area contributed by atoms with E-state index in [2.05, 4.69) is 5.32 Å². The third-order valence-electron chi connectivity index (χ3n) is 2.41. The minimum absolute atomic E-state index is 0.147. The molecule has 1 N–H and O–H groups in total. The van der Waals surface area contributed by atoms with Crippen LogP contribution in [0.25, 0.3) is 0 Å². The van der Waals surface area contributed by atoms with Crippen LogP contribution in [0.1, 0.15) is 40.5 Å². The van der Waals surface area contributed by atoms with E-state index in [1.807, 2.05) is 13.8 Å². The molecule has 0 saturated carbocycles. The van der Waals surface area contributed by atoms with Gasteiger partial charge in [0.1, 0.15) is 6.54 Å². The lowest BCUT2D eigenvalue weighted by Crippen LogP contribution is -2.43. The molecule has 0 aromatic rings. The van der Waals surface area contributed by atoms with Crippen LogP contribution in [0.4, 0.5) is 13.2 Å². The zero-order valence-electron chi connectivity index (χ0n) is 11.5. The number of halogens is 3. The number of carbonyl (C=O) groups excluding carboxylic acids is 1. The van der Waals surface area contributed by atoms with Crippen LogP contribution in [0, 0.1) is 0 Å². The largest absolute Gasteiger partial charge is 0.406 e. The van der Waals surface area contributed by atoms with Crippen molar-refractivity contribution in [1.29, 1.82) is 0 Å². The summed E-state index contributed by atoms with van der Waals surface area (Å²) in [4.78, 5) is 12.6. The fourth-order valence-corrected chi connectivity index (χ4v) is 1.53. The summed E-state index contributed by atoms with van der Waals surface area (Å²) in [6, 6.07) is -0.117. The molecule has 0 atom stereocenters. The molecule has 0 rings (SSSR count). The second-order valence-corrected chi connectivity index (χ2v) is 4.94. The van der Waals surface area contributed by atoms with Gasteiger partial charge in [-0.25, -0.2) is 0 Å². The number of nitrogens with zero attached hydrogens (tertiary/aromatic N) is 1. The summed E-state index contributed by atoms with van der Waals surface area (Å²) < 4.78 is 36.9. The molecule has 0 bridgehead atoms. The van der Waals surface area contributed by atoms with Crippen molar-refractivity contribution in [2.24, 2.45) is 0 Å². The molecule has 108 valence electrons. The quantitative estimate of drug-likeness (QED) is 0.720. The number of hydrogen-bond acceptors (Lipinski definition) is 2. The third kappa shape index (κ3) is 8.33. The second kappa shape index (κ2) is 7.61. The zero-order valence-corrected chi connectivity index (χ0v) is 11.5. The highest BCUT2D eigenvalue weighted by atomic mass is 19.4. The predicted molar refractivity (Wildman–Crippen MR) is 65.3 cm³/mol. The highest BCUT2D eigenvalue weighted by Gasteiger charge is 2.33. The molecule has 0 radical (unpaired) electrons. The predicted octanol–water partition coefficient (Wildman–Crippen LogP) is 2.56. The van der Waals surface area contributed by atoms with Gasteiger partial charge >= 0.3 is 6.18 Å². The van der Waals surface area contributed by atoms with Gasteiger partial charge in [-0.15, -0.1) is 0 Å². The second-order valence-electron chi connectivity index (χ2n) is 4.94. The molecule has 0 aromatic heterocycles. The Morgan fingerprint density at radius 1 is 1.22 bits per heavy atom. The van der Waals surface area contributed by atoms with E-state index in [9.17, 15) is 18.0 Å². The van der Waals surface area contributed by atoms with Crippen molar-refractivity contribution in [3.8, 4) is 0 Å². The molecule has 0 saturated heterocycles. The molecule has 18 heavy (non-hydrogen) atoms. The van der Waals surface area contributed by atoms with Crippen LogP contribution >= 0.6 is 0 Å². The molecule has 3 nitrogen and oxygen atoms in total. The average Bonchev–Trinajstić information content (AvgIpc) is 2.18. The van der Waals surface area contributed by atoms with E-state index in [0.29, 0.717) is 19.0 Å². The first-order valence-corrected chi connectivity index (χ1v) is 6.23. The lowest BCUT2D eigenvalue weighted by atomic mass is 10.2. The van der Waals surface area contributed by atoms with Crippen molar-refractivity contribution < 1.29 is 18.0 Å². The highest BCUT2D eigenvalue weighted by Crippen LogP contribution is 2.18. The van der Waals surface area contributed by atoms with Crippen molar-refractivity contribution in [2.75, 3.05) is 13.1 Å². The SMILES string of the molecule is CC(C)NCCCC(=O)N(CC(F)(F)F)C(C)C. The van der Waals surface area contributed by atoms with Gasteiger partial charge < -0.3 is 10.2 Å². The Kier molecular flexibility index (Phi) is 7.28. The number of carbonyl (C=O) groups is 1. The molecule has 6 heteroatoms. The monoisotopic (exact) mass is 268 g/mol. The van der Waals surface area contributed by atoms with Crippen LogP contribution in [0.2, 0.25) is 0 Å². The summed E-state index contributed by atoms with van der Waals surface area (Å²) in [5.74, 6) is -0.437. The maximum atomic E-state index is 12.3. The summed E-state index contributed by atoms with van der Waals surface area (Å²) in [7, 11) is 0. The number of alkyl halides is 3. The fourth-order valence-electron chi connectivity index (χ4n) is 1.53. The minimum Gasteiger partial charge on any atom is -0.331 e. The molecule has 0 heterocycles. The Bertz CT molecular complexity index is 252. The van der Waals surface area contributed by atoms with Gasteiger partial charge in [-0.1, -0.05) is 13.8 Å². The van der Waals surface area contributed by atoms with Crippen LogP contribution < -0.4 is 5.32 Å². The topological polar surface area (TPSA) is 32.3 Å². The van der Waals surface area contributed by atoms with Gasteiger partial charge in [-0.3, -0.25) is 4.79 Å². The van der Waals surface area contributed by atoms with Gasteiger partial charge in [-0.05, 0) is 26.8 Å². The Morgan fingerprint density at radius 2 is 1.78 bits per heavy atom. The standard InChI is InChI=1S/C12H23F3N2O/c1-9(2)16-7-5-6-11(18)17(10(3)4)8-12(13,14)15/h9-10,16H,5-8H2,1-4H3. The van der Waals surface area contributed by atoms with Crippen LogP contribution in [-0.4, -0.2) is 42.2 Å². The Morgan fingerprint density at radius 3 is 2.17 bits per heavy atom. The van der Waals surface area contributed by atoms with Crippen LogP contribution in [0.15, 0.2) is 0 Å². The molecular weight excluding hydrogens is 245 g/mol. The number of rotatable bonds is 7. The fraction of sp³-hybridized carbons (Fsp3) is 0.917. The van der Waals surface area contributed by atoms with Gasteiger partial charge in [0.25, 0.3) is 0 Å². The molecule has 1 amide bonds. The Hall–Kier alpha value is -0.780. The maximum Gasteiger partial charge on any atom is 0.406 e. The van der Waals surface area contributed by atoms with Gasteiger partial charge in [0.2, 0.25) is 5.91 Å². The number of amides is 1. The van der Waals surface area contributed by atoms with Crippen molar-refractivity contribution in [2.45, 2.75) is 58.8 Å². The van der Waals surface area contributed by atoms with E-state index in [1.165, 1.54) is 0 Å². The summed E-state index contributed by atoms with van der Waals surface area (Å²) in [6.07, 6.45) is -3.64. The molecular formula is C12H23F3N2O. The van der Waals surface area contributed by atoms with E-state index >= 15 is 0 Å². The van der Waals surface area contributed by atoms with Crippen LogP contribution in [0.3, 0.4) is 0 Å². The Labute approximate surface area is 107 Å². The smallest absolute Gasteiger partial charge is 0.331 e. The zero-order chi connectivity index (χ0) is 14.3. The van der Waals surface area contributed by atoms with Gasteiger partial charge in [0.15, 0.2) is 0 Å². The van der Waals surface area contributed by atoms with E-state index < -0.39 is 24.7 Å². The Balaban J connectivity index is 4.16. The number of hydrogen-bond donors (Lipinski definition) is 1. The molecule has 0 unspecified atom stereocenters. The average molecular weight is 268 g/mol. The van der Waals surface area contributed by atoms with Crippen molar-refractivity contribution in [3.05, 3.63) is 0 Å². The molecule has 0 aliphatic rings. The minimum atomic E-state index is -4.34. The molecule has 0 aromatic carbocycles. The van der Waals surface area contributed by atoms with Crippen LogP contribution in [0.5, 0.6) is 0 Å². The van der Waals surface area contributed by atoms with E-state index in [0.717, 1.165) is 4.90 Å². The van der Waals surface area contributed by atoms with Crippen molar-refractivity contribution in [1.82, 2.24) is 10.2 Å². The lowest BCUT2D eigenvalue weighted by Gasteiger charge is -2.27. The third-order valence-corrected chi connectivity index (χ3v) is 2.41. The summed E-state index contributed by atoms with van der Waals surface area (Å²) in [6.45, 7) is 6.62. The van der Waals surface area contributed by atoms with E-state index in [-0.39, 0.29) is 6.42 Å². The lowest BCUT2D eigenvalue weighted by molar-refractivity contribution is -0.164. The highest BCUT2D eigenvalue weighted by molar-refractivity contribution is 5.76. The first kappa shape index (κ1) is 17.2. The summed E-state index contributed by atoms with van der Waals surface area (Å²) in [5, 5.41) is 3.12. The van der Waals surface area contributed by atoms with Crippen molar-refractivity contribution >= 4 is 5.91 Å². The molecule has 0 fully saturated rings. The summed E-state index contributed by atoms with van der Waals surface area (Å²) in [5.41, 5.74) is 0. The molecule has 0 spiro atoms.